The number of rotatable bonds is 4. The molecule has 5 heteroatoms. The molecule has 1 aliphatic rings. The zero-order valence-corrected chi connectivity index (χ0v) is 14.4. The van der Waals surface area contributed by atoms with Crippen LogP contribution in [0.3, 0.4) is 0 Å². The van der Waals surface area contributed by atoms with E-state index in [0.717, 1.165) is 17.6 Å². The van der Waals surface area contributed by atoms with Crippen molar-refractivity contribution < 1.29 is 9.53 Å². The Morgan fingerprint density at radius 2 is 2.16 bits per heavy atom. The molecule has 1 N–H and O–H groups in total. The number of morpholine rings is 1. The molecule has 0 spiro atoms. The van der Waals surface area contributed by atoms with Gasteiger partial charge in [-0.1, -0.05) is 18.2 Å². The molecule has 5 nitrogen and oxygen atoms in total. The van der Waals surface area contributed by atoms with Crippen LogP contribution < -0.4 is 0 Å². The fourth-order valence-electron chi connectivity index (χ4n) is 3.69. The topological polar surface area (TPSA) is 50.3 Å². The van der Waals surface area contributed by atoms with Gasteiger partial charge in [-0.25, -0.2) is 0 Å². The molecule has 0 saturated carbocycles. The van der Waals surface area contributed by atoms with Crippen molar-refractivity contribution in [2.75, 3.05) is 19.8 Å². The molecule has 0 bridgehead atoms. The molecule has 1 atom stereocenters. The number of carbonyl (C=O) groups excluding carboxylic acids is 1. The molecule has 130 valence electrons. The highest BCUT2D eigenvalue weighted by Gasteiger charge is 2.29. The first kappa shape index (κ1) is 16.0. The summed E-state index contributed by atoms with van der Waals surface area (Å²) >= 11 is 0. The molecule has 1 aromatic carbocycles. The Morgan fingerprint density at radius 3 is 3.00 bits per heavy atom. The molecule has 1 aliphatic heterocycles. The highest BCUT2D eigenvalue weighted by Crippen LogP contribution is 2.26. The van der Waals surface area contributed by atoms with Crippen molar-refractivity contribution in [3.63, 3.8) is 0 Å². The molecule has 1 fully saturated rings. The van der Waals surface area contributed by atoms with Gasteiger partial charge in [0.15, 0.2) is 0 Å². The number of benzene rings is 1. The van der Waals surface area contributed by atoms with Crippen molar-refractivity contribution in [3.8, 4) is 0 Å². The average molecular weight is 337 g/mol. The Bertz CT molecular complexity index is 880. The van der Waals surface area contributed by atoms with Crippen molar-refractivity contribution in [3.05, 3.63) is 60.0 Å². The average Bonchev–Trinajstić information content (AvgIpc) is 3.26. The minimum absolute atomic E-state index is 0.00391. The molecular formula is C20H23N3O2. The molecule has 1 unspecified atom stereocenters. The van der Waals surface area contributed by atoms with Crippen molar-refractivity contribution in [2.24, 2.45) is 7.05 Å². The van der Waals surface area contributed by atoms with E-state index in [0.29, 0.717) is 26.2 Å². The SMILES string of the molecule is Cn1cccc1C1COCCN1C(=O)CCc1c[nH]c2ccccc12. The first-order valence-electron chi connectivity index (χ1n) is 8.77. The maximum absolute atomic E-state index is 12.9. The van der Waals surface area contributed by atoms with Gasteiger partial charge in [-0.15, -0.1) is 0 Å². The molecule has 0 aliphatic carbocycles. The number of aromatic nitrogens is 2. The lowest BCUT2D eigenvalue weighted by molar-refractivity contribution is -0.140. The standard InChI is InChI=1S/C20H23N3O2/c1-22-10-4-7-18(22)19-14-25-12-11-23(19)20(24)9-8-15-13-21-17-6-3-2-5-16(15)17/h2-7,10,13,19,21H,8-9,11-12,14H2,1H3. The molecule has 1 saturated heterocycles. The predicted molar refractivity (Wildman–Crippen MR) is 97.3 cm³/mol. The lowest BCUT2D eigenvalue weighted by atomic mass is 10.1. The van der Waals surface area contributed by atoms with E-state index in [9.17, 15) is 4.79 Å². The van der Waals surface area contributed by atoms with Crippen LogP contribution in [0.2, 0.25) is 0 Å². The first-order chi connectivity index (χ1) is 12.2. The van der Waals surface area contributed by atoms with Gasteiger partial charge in [-0.05, 0) is 30.2 Å². The second-order valence-corrected chi connectivity index (χ2v) is 6.58. The van der Waals surface area contributed by atoms with E-state index in [1.165, 1.54) is 10.9 Å². The number of nitrogens with one attached hydrogen (secondary N) is 1. The highest BCUT2D eigenvalue weighted by molar-refractivity contribution is 5.84. The number of fused-ring (bicyclic) bond motifs is 1. The maximum Gasteiger partial charge on any atom is 0.223 e. The third-order valence-corrected chi connectivity index (χ3v) is 5.06. The van der Waals surface area contributed by atoms with Crippen molar-refractivity contribution in [1.82, 2.24) is 14.5 Å². The predicted octanol–water partition coefficient (Wildman–Crippen LogP) is 3.04. The fraction of sp³-hybridized carbons (Fsp3) is 0.350. The maximum atomic E-state index is 12.9. The van der Waals surface area contributed by atoms with Gasteiger partial charge in [-0.2, -0.15) is 0 Å². The summed E-state index contributed by atoms with van der Waals surface area (Å²) in [6, 6.07) is 12.3. The summed E-state index contributed by atoms with van der Waals surface area (Å²) in [6.07, 6.45) is 5.30. The number of nitrogens with zero attached hydrogens (tertiary/aromatic N) is 2. The van der Waals surface area contributed by atoms with Crippen LogP contribution in [0.5, 0.6) is 0 Å². The van der Waals surface area contributed by atoms with Gasteiger partial charge in [-0.3, -0.25) is 4.79 Å². The summed E-state index contributed by atoms with van der Waals surface area (Å²) in [6.45, 7) is 1.83. The van der Waals surface area contributed by atoms with Crippen LogP contribution in [0.15, 0.2) is 48.8 Å². The minimum atomic E-state index is 0.00391. The van der Waals surface area contributed by atoms with Crippen molar-refractivity contribution in [2.45, 2.75) is 18.9 Å². The van der Waals surface area contributed by atoms with E-state index in [-0.39, 0.29) is 11.9 Å². The Balaban J connectivity index is 1.48. The highest BCUT2D eigenvalue weighted by atomic mass is 16.5. The van der Waals surface area contributed by atoms with Crippen LogP contribution in [-0.2, 0) is 23.0 Å². The van der Waals surface area contributed by atoms with Crippen LogP contribution in [0.1, 0.15) is 23.7 Å². The van der Waals surface area contributed by atoms with Gasteiger partial charge < -0.3 is 19.2 Å². The minimum Gasteiger partial charge on any atom is -0.377 e. The van der Waals surface area contributed by atoms with Crippen LogP contribution in [0.25, 0.3) is 10.9 Å². The Hall–Kier alpha value is -2.53. The molecule has 4 rings (SSSR count). The lowest BCUT2D eigenvalue weighted by Crippen LogP contribution is -2.44. The summed E-state index contributed by atoms with van der Waals surface area (Å²) in [4.78, 5) is 18.2. The summed E-state index contributed by atoms with van der Waals surface area (Å²) in [5, 5.41) is 1.20. The van der Waals surface area contributed by atoms with E-state index in [4.69, 9.17) is 4.74 Å². The van der Waals surface area contributed by atoms with Gasteiger partial charge in [0.2, 0.25) is 5.91 Å². The molecule has 0 radical (unpaired) electrons. The Morgan fingerprint density at radius 1 is 1.28 bits per heavy atom. The number of ether oxygens (including phenoxy) is 1. The second kappa shape index (κ2) is 6.76. The summed E-state index contributed by atoms with van der Waals surface area (Å²) in [7, 11) is 2.01. The van der Waals surface area contributed by atoms with Crippen molar-refractivity contribution >= 4 is 16.8 Å². The van der Waals surface area contributed by atoms with Crippen LogP contribution >= 0.6 is 0 Å². The number of hydrogen-bond acceptors (Lipinski definition) is 2. The monoisotopic (exact) mass is 337 g/mol. The molecule has 3 heterocycles. The van der Waals surface area contributed by atoms with E-state index in [2.05, 4.69) is 27.8 Å². The first-order valence-corrected chi connectivity index (χ1v) is 8.77. The van der Waals surface area contributed by atoms with Crippen LogP contribution in [0, 0.1) is 0 Å². The Kier molecular flexibility index (Phi) is 4.32. The molecule has 2 aromatic heterocycles. The smallest absolute Gasteiger partial charge is 0.223 e. The van der Waals surface area contributed by atoms with Gasteiger partial charge >= 0.3 is 0 Å². The summed E-state index contributed by atoms with van der Waals surface area (Å²) in [5.41, 5.74) is 3.45. The third-order valence-electron chi connectivity index (χ3n) is 5.06. The second-order valence-electron chi connectivity index (χ2n) is 6.58. The number of amides is 1. The fourth-order valence-corrected chi connectivity index (χ4v) is 3.69. The van der Waals surface area contributed by atoms with Gasteiger partial charge in [0, 0.05) is 49.0 Å². The Labute approximate surface area is 147 Å². The van der Waals surface area contributed by atoms with E-state index < -0.39 is 0 Å². The van der Waals surface area contributed by atoms with Crippen LogP contribution in [-0.4, -0.2) is 40.1 Å². The van der Waals surface area contributed by atoms with E-state index in [1.807, 2.05) is 42.5 Å². The summed E-state index contributed by atoms with van der Waals surface area (Å²) < 4.78 is 7.71. The van der Waals surface area contributed by atoms with Gasteiger partial charge in [0.1, 0.15) is 0 Å². The molecule has 25 heavy (non-hydrogen) atoms. The zero-order chi connectivity index (χ0) is 17.2. The van der Waals surface area contributed by atoms with Crippen LogP contribution in [0.4, 0.5) is 0 Å². The molecule has 1 amide bonds. The lowest BCUT2D eigenvalue weighted by Gasteiger charge is -2.36. The van der Waals surface area contributed by atoms with Crippen molar-refractivity contribution in [1.29, 1.82) is 0 Å². The number of carbonyl (C=O) groups is 1. The third kappa shape index (κ3) is 3.07. The number of para-hydroxylation sites is 1. The van der Waals surface area contributed by atoms with E-state index in [1.54, 1.807) is 0 Å². The normalized spacial score (nSPS) is 18.0. The number of H-pyrrole nitrogens is 1. The van der Waals surface area contributed by atoms with E-state index >= 15 is 0 Å². The number of hydrogen-bond donors (Lipinski definition) is 1. The zero-order valence-electron chi connectivity index (χ0n) is 14.4. The number of aromatic amines is 1. The summed E-state index contributed by atoms with van der Waals surface area (Å²) in [5.74, 6) is 0.194. The van der Waals surface area contributed by atoms with Gasteiger partial charge in [0.25, 0.3) is 0 Å². The quantitative estimate of drug-likeness (QED) is 0.795. The van der Waals surface area contributed by atoms with Gasteiger partial charge in [0.05, 0.1) is 19.3 Å². The number of aryl methyl sites for hydroxylation is 2. The largest absolute Gasteiger partial charge is 0.377 e. The molecule has 3 aromatic rings. The molecular weight excluding hydrogens is 314 g/mol.